The lowest BCUT2D eigenvalue weighted by Crippen LogP contribution is -2.32. The minimum Gasteiger partial charge on any atom is -0.351 e. The SMILES string of the molecule is Cc1cccc([N+](=O)[O-])c1C(=O)NCC(Br)C(C)C. The zero-order valence-electron chi connectivity index (χ0n) is 11.1. The van der Waals surface area contributed by atoms with Crippen LogP contribution in [0.5, 0.6) is 0 Å². The highest BCUT2D eigenvalue weighted by Crippen LogP contribution is 2.21. The number of benzene rings is 1. The van der Waals surface area contributed by atoms with Crippen LogP contribution in [0.15, 0.2) is 18.2 Å². The molecule has 0 aliphatic rings. The Balaban J connectivity index is 2.91. The van der Waals surface area contributed by atoms with Crippen LogP contribution in [0.2, 0.25) is 0 Å². The number of alkyl halides is 1. The number of halogens is 1. The van der Waals surface area contributed by atoms with Crippen LogP contribution in [0, 0.1) is 23.0 Å². The van der Waals surface area contributed by atoms with Gasteiger partial charge in [0.1, 0.15) is 5.56 Å². The first-order valence-electron chi connectivity index (χ1n) is 6.00. The number of carbonyl (C=O) groups is 1. The number of nitro groups is 1. The number of rotatable bonds is 5. The Morgan fingerprint density at radius 3 is 2.63 bits per heavy atom. The number of aryl methyl sites for hydroxylation is 1. The average molecular weight is 329 g/mol. The summed E-state index contributed by atoms with van der Waals surface area (Å²) in [6, 6.07) is 4.61. The number of nitrogens with one attached hydrogen (secondary N) is 1. The van der Waals surface area contributed by atoms with Crippen LogP contribution in [0.4, 0.5) is 5.69 Å². The summed E-state index contributed by atoms with van der Waals surface area (Å²) in [5.74, 6) is -0.0398. The first-order chi connectivity index (χ1) is 8.84. The predicted molar refractivity (Wildman–Crippen MR) is 77.7 cm³/mol. The molecule has 0 aliphatic carbocycles. The highest BCUT2D eigenvalue weighted by molar-refractivity contribution is 9.09. The molecule has 1 rings (SSSR count). The second-order valence-electron chi connectivity index (χ2n) is 4.70. The van der Waals surface area contributed by atoms with Crippen molar-refractivity contribution in [3.05, 3.63) is 39.4 Å². The minimum absolute atomic E-state index is 0.135. The van der Waals surface area contributed by atoms with Crippen LogP contribution in [-0.2, 0) is 0 Å². The van der Waals surface area contributed by atoms with E-state index in [0.29, 0.717) is 18.0 Å². The van der Waals surface area contributed by atoms with Gasteiger partial charge in [-0.1, -0.05) is 41.9 Å². The third kappa shape index (κ3) is 4.02. The van der Waals surface area contributed by atoms with E-state index < -0.39 is 10.8 Å². The standard InChI is InChI=1S/C13H17BrN2O3/c1-8(2)10(14)7-15-13(17)12-9(3)5-4-6-11(12)16(18)19/h4-6,8,10H,7H2,1-3H3,(H,15,17). The number of nitrogens with zero attached hydrogens (tertiary/aromatic N) is 1. The normalized spacial score (nSPS) is 12.3. The van der Waals surface area contributed by atoms with Gasteiger partial charge in [0, 0.05) is 17.4 Å². The van der Waals surface area contributed by atoms with Gasteiger partial charge in [0.25, 0.3) is 11.6 Å². The van der Waals surface area contributed by atoms with Gasteiger partial charge >= 0.3 is 0 Å². The largest absolute Gasteiger partial charge is 0.351 e. The number of amides is 1. The van der Waals surface area contributed by atoms with E-state index in [9.17, 15) is 14.9 Å². The van der Waals surface area contributed by atoms with Crippen molar-refractivity contribution in [2.45, 2.75) is 25.6 Å². The quantitative estimate of drug-likeness (QED) is 0.513. The van der Waals surface area contributed by atoms with Gasteiger partial charge in [-0.25, -0.2) is 0 Å². The van der Waals surface area contributed by atoms with Crippen molar-refractivity contribution >= 4 is 27.5 Å². The summed E-state index contributed by atoms with van der Waals surface area (Å²) in [6.45, 7) is 6.18. The Morgan fingerprint density at radius 2 is 2.11 bits per heavy atom. The second kappa shape index (κ2) is 6.65. The zero-order chi connectivity index (χ0) is 14.6. The molecule has 1 aromatic carbocycles. The maximum absolute atomic E-state index is 12.1. The van der Waals surface area contributed by atoms with Crippen molar-refractivity contribution in [2.75, 3.05) is 6.54 Å². The van der Waals surface area contributed by atoms with Crippen molar-refractivity contribution < 1.29 is 9.72 Å². The molecule has 0 radical (unpaired) electrons. The fourth-order valence-corrected chi connectivity index (χ4v) is 1.78. The van der Waals surface area contributed by atoms with E-state index in [2.05, 4.69) is 21.2 Å². The molecule has 0 saturated heterocycles. The molecule has 6 heteroatoms. The van der Waals surface area contributed by atoms with Crippen LogP contribution < -0.4 is 5.32 Å². The maximum Gasteiger partial charge on any atom is 0.282 e. The molecule has 0 bridgehead atoms. The monoisotopic (exact) mass is 328 g/mol. The fourth-order valence-electron chi connectivity index (χ4n) is 1.61. The van der Waals surface area contributed by atoms with Gasteiger partial charge in [-0.15, -0.1) is 0 Å². The fraction of sp³-hybridized carbons (Fsp3) is 0.462. The molecule has 1 atom stereocenters. The van der Waals surface area contributed by atoms with Crippen LogP contribution in [0.1, 0.15) is 29.8 Å². The number of hydrogen-bond acceptors (Lipinski definition) is 3. The highest BCUT2D eigenvalue weighted by atomic mass is 79.9. The molecule has 0 spiro atoms. The molecule has 0 aromatic heterocycles. The first-order valence-corrected chi connectivity index (χ1v) is 6.92. The van der Waals surface area contributed by atoms with Crippen LogP contribution in [0.25, 0.3) is 0 Å². The van der Waals surface area contributed by atoms with Gasteiger partial charge in [-0.3, -0.25) is 14.9 Å². The first kappa shape index (κ1) is 15.6. The number of nitro benzene ring substituents is 1. The minimum atomic E-state index is -0.532. The van der Waals surface area contributed by atoms with Gasteiger partial charge in [-0.2, -0.15) is 0 Å². The molecule has 0 fully saturated rings. The van der Waals surface area contributed by atoms with Gasteiger partial charge in [-0.05, 0) is 18.4 Å². The molecule has 19 heavy (non-hydrogen) atoms. The van der Waals surface area contributed by atoms with E-state index in [-0.39, 0.29) is 16.1 Å². The smallest absolute Gasteiger partial charge is 0.282 e. The van der Waals surface area contributed by atoms with Crippen molar-refractivity contribution in [1.82, 2.24) is 5.32 Å². The van der Waals surface area contributed by atoms with E-state index in [4.69, 9.17) is 0 Å². The van der Waals surface area contributed by atoms with Gasteiger partial charge < -0.3 is 5.32 Å². The zero-order valence-corrected chi connectivity index (χ0v) is 12.7. The van der Waals surface area contributed by atoms with Crippen molar-refractivity contribution in [3.8, 4) is 0 Å². The van der Waals surface area contributed by atoms with E-state index in [1.54, 1.807) is 19.1 Å². The third-order valence-electron chi connectivity index (χ3n) is 2.86. The van der Waals surface area contributed by atoms with E-state index in [1.807, 2.05) is 13.8 Å². The van der Waals surface area contributed by atoms with E-state index in [1.165, 1.54) is 6.07 Å². The Morgan fingerprint density at radius 1 is 1.47 bits per heavy atom. The second-order valence-corrected chi connectivity index (χ2v) is 5.87. The molecule has 1 unspecified atom stereocenters. The summed E-state index contributed by atoms with van der Waals surface area (Å²) < 4.78 is 0. The molecule has 1 aromatic rings. The Hall–Kier alpha value is -1.43. The van der Waals surface area contributed by atoms with Gasteiger partial charge in [0.05, 0.1) is 4.92 Å². The highest BCUT2D eigenvalue weighted by Gasteiger charge is 2.22. The average Bonchev–Trinajstić information content (AvgIpc) is 2.34. The summed E-state index contributed by atoms with van der Waals surface area (Å²) in [6.07, 6.45) is 0. The van der Waals surface area contributed by atoms with Gasteiger partial charge in [0.15, 0.2) is 0 Å². The van der Waals surface area contributed by atoms with Crippen molar-refractivity contribution in [2.24, 2.45) is 5.92 Å². The molecular formula is C13H17BrN2O3. The number of carbonyl (C=O) groups excluding carboxylic acids is 1. The molecular weight excluding hydrogens is 312 g/mol. The molecule has 0 saturated carbocycles. The molecule has 0 heterocycles. The van der Waals surface area contributed by atoms with Crippen LogP contribution in [0.3, 0.4) is 0 Å². The van der Waals surface area contributed by atoms with Crippen LogP contribution >= 0.6 is 15.9 Å². The summed E-state index contributed by atoms with van der Waals surface area (Å²) in [5, 5.41) is 13.7. The lowest BCUT2D eigenvalue weighted by Gasteiger charge is -2.15. The van der Waals surface area contributed by atoms with Crippen molar-refractivity contribution in [1.29, 1.82) is 0 Å². The molecule has 0 aliphatic heterocycles. The van der Waals surface area contributed by atoms with Gasteiger partial charge in [0.2, 0.25) is 0 Å². The summed E-state index contributed by atoms with van der Waals surface area (Å²) in [4.78, 5) is 22.6. The maximum atomic E-state index is 12.1. The number of hydrogen-bond donors (Lipinski definition) is 1. The lowest BCUT2D eigenvalue weighted by atomic mass is 10.1. The molecule has 1 N–H and O–H groups in total. The summed E-state index contributed by atoms with van der Waals surface area (Å²) >= 11 is 3.46. The molecule has 104 valence electrons. The summed E-state index contributed by atoms with van der Waals surface area (Å²) in [7, 11) is 0. The van der Waals surface area contributed by atoms with Crippen LogP contribution in [-0.4, -0.2) is 22.2 Å². The van der Waals surface area contributed by atoms with E-state index in [0.717, 1.165) is 0 Å². The summed E-state index contributed by atoms with van der Waals surface area (Å²) in [5.41, 5.74) is 0.575. The topological polar surface area (TPSA) is 72.2 Å². The van der Waals surface area contributed by atoms with E-state index >= 15 is 0 Å². The lowest BCUT2D eigenvalue weighted by molar-refractivity contribution is -0.385. The Kier molecular flexibility index (Phi) is 5.47. The molecule has 1 amide bonds. The predicted octanol–water partition coefficient (Wildman–Crippen LogP) is 3.05. The molecule has 5 nitrogen and oxygen atoms in total. The third-order valence-corrected chi connectivity index (χ3v) is 4.24. The Labute approximate surface area is 120 Å². The Bertz CT molecular complexity index is 489. The van der Waals surface area contributed by atoms with Crippen molar-refractivity contribution in [3.63, 3.8) is 0 Å².